The lowest BCUT2D eigenvalue weighted by Gasteiger charge is -2.17. The van der Waals surface area contributed by atoms with Crippen molar-refractivity contribution in [1.82, 2.24) is 0 Å². The van der Waals surface area contributed by atoms with Crippen LogP contribution in [0.4, 0.5) is 5.69 Å². The average Bonchev–Trinajstić information content (AvgIpc) is 2.61. The first-order valence-electron chi connectivity index (χ1n) is 8.14. The van der Waals surface area contributed by atoms with Crippen LogP contribution in [-0.2, 0) is 9.53 Å². The molecule has 0 saturated carbocycles. The molecular formula is C19H19Cl2NO4. The minimum atomic E-state index is -0.681. The largest absolute Gasteiger partial charge is 0.481 e. The van der Waals surface area contributed by atoms with Gasteiger partial charge in [-0.25, -0.2) is 4.79 Å². The van der Waals surface area contributed by atoms with Crippen LogP contribution in [0.15, 0.2) is 42.5 Å². The molecule has 0 aromatic heterocycles. The van der Waals surface area contributed by atoms with Gasteiger partial charge < -0.3 is 14.8 Å². The number of hydrogen-bond acceptors (Lipinski definition) is 4. The van der Waals surface area contributed by atoms with Gasteiger partial charge in [-0.1, -0.05) is 30.1 Å². The maximum Gasteiger partial charge on any atom is 0.339 e. The van der Waals surface area contributed by atoms with E-state index < -0.39 is 12.1 Å². The number of esters is 1. The van der Waals surface area contributed by atoms with Gasteiger partial charge in [0.05, 0.1) is 17.2 Å². The van der Waals surface area contributed by atoms with E-state index in [1.165, 1.54) is 12.1 Å². The van der Waals surface area contributed by atoms with E-state index in [0.717, 1.165) is 0 Å². The standard InChI is InChI=1S/C19H19Cl2NO4/c1-3-17(26-14-8-5-12(20)6-9-14)18(23)22-13-7-10-15(16(21)11-13)19(24)25-4-2/h5-11,17H,3-4H2,1-2H3,(H,22,23)/t17-/m1/s1. The van der Waals surface area contributed by atoms with Crippen molar-refractivity contribution in [2.24, 2.45) is 0 Å². The quantitative estimate of drug-likeness (QED) is 0.672. The lowest BCUT2D eigenvalue weighted by Crippen LogP contribution is -2.32. The maximum absolute atomic E-state index is 12.5. The smallest absolute Gasteiger partial charge is 0.339 e. The lowest BCUT2D eigenvalue weighted by atomic mass is 10.2. The molecule has 5 nitrogen and oxygen atoms in total. The molecule has 0 aliphatic carbocycles. The molecule has 0 aliphatic rings. The van der Waals surface area contributed by atoms with Gasteiger partial charge in [0.1, 0.15) is 5.75 Å². The summed E-state index contributed by atoms with van der Waals surface area (Å²) in [5, 5.41) is 3.53. The monoisotopic (exact) mass is 395 g/mol. The number of anilines is 1. The highest BCUT2D eigenvalue weighted by Gasteiger charge is 2.19. The third kappa shape index (κ3) is 5.38. The van der Waals surface area contributed by atoms with Crippen molar-refractivity contribution in [1.29, 1.82) is 0 Å². The minimum Gasteiger partial charge on any atom is -0.481 e. The second kappa shape index (κ2) is 9.46. The number of hydrogen-bond donors (Lipinski definition) is 1. The molecule has 0 bridgehead atoms. The van der Waals surface area contributed by atoms with Crippen molar-refractivity contribution < 1.29 is 19.1 Å². The molecule has 1 N–H and O–H groups in total. The van der Waals surface area contributed by atoms with Crippen molar-refractivity contribution >= 4 is 40.8 Å². The Bertz CT molecular complexity index is 778. The Hall–Kier alpha value is -2.24. The van der Waals surface area contributed by atoms with Crippen molar-refractivity contribution in [3.63, 3.8) is 0 Å². The van der Waals surface area contributed by atoms with Crippen molar-refractivity contribution in [3.05, 3.63) is 58.1 Å². The molecule has 138 valence electrons. The molecule has 0 fully saturated rings. The molecular weight excluding hydrogens is 377 g/mol. The molecule has 0 aliphatic heterocycles. The predicted octanol–water partition coefficient (Wildman–Crippen LogP) is 4.97. The van der Waals surface area contributed by atoms with Crippen LogP contribution in [0.25, 0.3) is 0 Å². The molecule has 7 heteroatoms. The Labute approximate surface area is 162 Å². The first-order chi connectivity index (χ1) is 12.4. The van der Waals surface area contributed by atoms with Gasteiger partial charge in [-0.05, 0) is 55.8 Å². The summed E-state index contributed by atoms with van der Waals surface area (Å²) in [4.78, 5) is 24.2. The summed E-state index contributed by atoms with van der Waals surface area (Å²) in [6.45, 7) is 3.82. The van der Waals surface area contributed by atoms with Crippen LogP contribution >= 0.6 is 23.2 Å². The zero-order valence-electron chi connectivity index (χ0n) is 14.4. The SMILES string of the molecule is CCOC(=O)c1ccc(NC(=O)[C@@H](CC)Oc2ccc(Cl)cc2)cc1Cl. The zero-order valence-corrected chi connectivity index (χ0v) is 15.9. The molecule has 0 heterocycles. The average molecular weight is 396 g/mol. The highest BCUT2D eigenvalue weighted by molar-refractivity contribution is 6.34. The van der Waals surface area contributed by atoms with E-state index in [1.807, 2.05) is 6.92 Å². The van der Waals surface area contributed by atoms with Crippen molar-refractivity contribution in [3.8, 4) is 5.75 Å². The summed E-state index contributed by atoms with van der Waals surface area (Å²) in [6, 6.07) is 11.4. The van der Waals surface area contributed by atoms with Crippen LogP contribution in [0.1, 0.15) is 30.6 Å². The van der Waals surface area contributed by atoms with Gasteiger partial charge in [0.15, 0.2) is 6.10 Å². The first-order valence-corrected chi connectivity index (χ1v) is 8.90. The second-order valence-electron chi connectivity index (χ2n) is 5.37. The fraction of sp³-hybridized carbons (Fsp3) is 0.263. The van der Waals surface area contributed by atoms with Crippen LogP contribution < -0.4 is 10.1 Å². The van der Waals surface area contributed by atoms with E-state index in [2.05, 4.69) is 5.32 Å². The molecule has 1 amide bonds. The number of halogens is 2. The van der Waals surface area contributed by atoms with Gasteiger partial charge in [0.2, 0.25) is 0 Å². The van der Waals surface area contributed by atoms with Gasteiger partial charge >= 0.3 is 5.97 Å². The molecule has 0 unspecified atom stereocenters. The van der Waals surface area contributed by atoms with E-state index in [9.17, 15) is 9.59 Å². The lowest BCUT2D eigenvalue weighted by molar-refractivity contribution is -0.122. The van der Waals surface area contributed by atoms with Gasteiger partial charge in [-0.15, -0.1) is 0 Å². The molecule has 2 aromatic carbocycles. The molecule has 0 saturated heterocycles. The van der Waals surface area contributed by atoms with Gasteiger partial charge in [0, 0.05) is 10.7 Å². The first kappa shape index (κ1) is 20.1. The molecule has 2 aromatic rings. The van der Waals surface area contributed by atoms with E-state index in [1.54, 1.807) is 37.3 Å². The van der Waals surface area contributed by atoms with E-state index >= 15 is 0 Å². The number of amides is 1. The minimum absolute atomic E-state index is 0.202. The summed E-state index contributed by atoms with van der Waals surface area (Å²) in [6.07, 6.45) is -0.206. The summed E-state index contributed by atoms with van der Waals surface area (Å²) < 4.78 is 10.6. The molecule has 0 radical (unpaired) electrons. The fourth-order valence-corrected chi connectivity index (χ4v) is 2.57. The highest BCUT2D eigenvalue weighted by Crippen LogP contribution is 2.23. The van der Waals surface area contributed by atoms with Crippen molar-refractivity contribution in [2.75, 3.05) is 11.9 Å². The Kier molecular flexibility index (Phi) is 7.30. The number of carbonyl (C=O) groups is 2. The Morgan fingerprint density at radius 3 is 2.35 bits per heavy atom. The molecule has 1 atom stereocenters. The molecule has 26 heavy (non-hydrogen) atoms. The Balaban J connectivity index is 2.06. The summed E-state index contributed by atoms with van der Waals surface area (Å²) >= 11 is 11.9. The van der Waals surface area contributed by atoms with Crippen LogP contribution in [-0.4, -0.2) is 24.6 Å². The van der Waals surface area contributed by atoms with Gasteiger partial charge in [-0.2, -0.15) is 0 Å². The van der Waals surface area contributed by atoms with E-state index in [4.69, 9.17) is 32.7 Å². The second-order valence-corrected chi connectivity index (χ2v) is 6.22. The Morgan fingerprint density at radius 1 is 1.08 bits per heavy atom. The van der Waals surface area contributed by atoms with E-state index in [-0.39, 0.29) is 23.1 Å². The summed E-state index contributed by atoms with van der Waals surface area (Å²) in [5.41, 5.74) is 0.710. The van der Waals surface area contributed by atoms with Crippen LogP contribution in [0.5, 0.6) is 5.75 Å². The van der Waals surface area contributed by atoms with Gasteiger partial charge in [0.25, 0.3) is 5.91 Å². The zero-order chi connectivity index (χ0) is 19.1. The normalized spacial score (nSPS) is 11.5. The van der Waals surface area contributed by atoms with Crippen molar-refractivity contribution in [2.45, 2.75) is 26.4 Å². The summed E-state index contributed by atoms with van der Waals surface area (Å²) in [7, 11) is 0. The molecule has 0 spiro atoms. The van der Waals surface area contributed by atoms with Crippen LogP contribution in [0, 0.1) is 0 Å². The summed E-state index contributed by atoms with van der Waals surface area (Å²) in [5.74, 6) is -0.276. The number of nitrogens with one attached hydrogen (secondary N) is 1. The van der Waals surface area contributed by atoms with Crippen LogP contribution in [0.3, 0.4) is 0 Å². The number of benzene rings is 2. The third-order valence-electron chi connectivity index (χ3n) is 3.49. The third-order valence-corrected chi connectivity index (χ3v) is 4.05. The van der Waals surface area contributed by atoms with E-state index in [0.29, 0.717) is 22.9 Å². The predicted molar refractivity (Wildman–Crippen MR) is 102 cm³/mol. The van der Waals surface area contributed by atoms with Crippen LogP contribution in [0.2, 0.25) is 10.0 Å². The molecule has 2 rings (SSSR count). The number of rotatable bonds is 7. The Morgan fingerprint density at radius 2 is 1.77 bits per heavy atom. The highest BCUT2D eigenvalue weighted by atomic mass is 35.5. The topological polar surface area (TPSA) is 64.6 Å². The maximum atomic E-state index is 12.5. The number of carbonyl (C=O) groups excluding carboxylic acids is 2. The fourth-order valence-electron chi connectivity index (χ4n) is 2.19. The van der Waals surface area contributed by atoms with Gasteiger partial charge in [-0.3, -0.25) is 4.79 Å². The number of ether oxygens (including phenoxy) is 2.